The molecule has 5 heteroatoms. The zero-order valence-electron chi connectivity index (χ0n) is 19.6. The minimum atomic E-state index is -0.103. The van der Waals surface area contributed by atoms with E-state index in [1.165, 1.54) is 0 Å². The van der Waals surface area contributed by atoms with Gasteiger partial charge in [0.05, 0.1) is 5.56 Å². The van der Waals surface area contributed by atoms with Gasteiger partial charge in [0.15, 0.2) is 0 Å². The fraction of sp³-hybridized carbons (Fsp3) is 0.444. The summed E-state index contributed by atoms with van der Waals surface area (Å²) in [4.78, 5) is 14.4. The van der Waals surface area contributed by atoms with Crippen molar-refractivity contribution in [3.63, 3.8) is 0 Å². The van der Waals surface area contributed by atoms with E-state index in [4.69, 9.17) is 0 Å². The molecular formula is C27H36N2O3. The number of amides is 2. The molecular weight excluding hydrogens is 400 g/mol. The summed E-state index contributed by atoms with van der Waals surface area (Å²) in [6.45, 7) is 11.9. The molecule has 2 aromatic rings. The zero-order chi connectivity index (χ0) is 23.3. The fourth-order valence-corrected chi connectivity index (χ4v) is 4.43. The summed E-state index contributed by atoms with van der Waals surface area (Å²) in [6, 6.07) is 7.58. The quantitative estimate of drug-likeness (QED) is 0.435. The second-order valence-electron chi connectivity index (χ2n) is 8.90. The van der Waals surface area contributed by atoms with Crippen LogP contribution in [0.2, 0.25) is 0 Å². The number of carbonyl (C=O) groups is 1. The number of urea groups is 1. The Morgan fingerprint density at radius 2 is 1.88 bits per heavy atom. The number of nitrogens with one attached hydrogen (secondary N) is 1. The van der Waals surface area contributed by atoms with Crippen molar-refractivity contribution in [1.29, 1.82) is 0 Å². The maximum atomic E-state index is 12.6. The standard InChI is InChI=1S/C27H36N2O3/c1-5-6-7-10-20-16-24(30)25(22-15-19(4)11-12-21(22)18(2)3)26(31)23(20)17-28-27(32)29-13-8-9-14-29/h11-12,15-16,30-31H,2,5-10,13-14,17H2,1,3-4H3,(H,28,32). The third-order valence-electron chi connectivity index (χ3n) is 6.24. The highest BCUT2D eigenvalue weighted by Gasteiger charge is 2.23. The van der Waals surface area contributed by atoms with Crippen LogP contribution in [0.1, 0.15) is 68.2 Å². The average molecular weight is 437 g/mol. The molecule has 1 saturated heterocycles. The van der Waals surface area contributed by atoms with E-state index in [1.807, 2.05) is 36.9 Å². The molecule has 0 saturated carbocycles. The third-order valence-corrected chi connectivity index (χ3v) is 6.24. The van der Waals surface area contributed by atoms with Crippen molar-refractivity contribution >= 4 is 11.6 Å². The summed E-state index contributed by atoms with van der Waals surface area (Å²) in [5, 5.41) is 25.3. The molecule has 0 radical (unpaired) electrons. The van der Waals surface area contributed by atoms with Crippen LogP contribution in [0.5, 0.6) is 11.5 Å². The van der Waals surface area contributed by atoms with Crippen LogP contribution < -0.4 is 5.32 Å². The molecule has 3 N–H and O–H groups in total. The molecule has 2 aromatic carbocycles. The molecule has 0 aromatic heterocycles. The third kappa shape index (κ3) is 5.26. The molecule has 3 rings (SSSR count). The van der Waals surface area contributed by atoms with E-state index in [0.717, 1.165) is 79.4 Å². The highest BCUT2D eigenvalue weighted by Crippen LogP contribution is 2.44. The van der Waals surface area contributed by atoms with Crippen LogP contribution in [0.3, 0.4) is 0 Å². The molecule has 0 aliphatic carbocycles. The van der Waals surface area contributed by atoms with Crippen molar-refractivity contribution in [1.82, 2.24) is 10.2 Å². The monoisotopic (exact) mass is 436 g/mol. The van der Waals surface area contributed by atoms with Gasteiger partial charge in [-0.25, -0.2) is 4.79 Å². The summed E-state index contributed by atoms with van der Waals surface area (Å²) < 4.78 is 0. The molecule has 5 nitrogen and oxygen atoms in total. The van der Waals surface area contributed by atoms with Crippen LogP contribution in [-0.2, 0) is 13.0 Å². The second kappa shape index (κ2) is 10.6. The van der Waals surface area contributed by atoms with E-state index >= 15 is 0 Å². The number of aryl methyl sites for hydroxylation is 2. The van der Waals surface area contributed by atoms with Gasteiger partial charge in [0.25, 0.3) is 0 Å². The zero-order valence-corrected chi connectivity index (χ0v) is 19.6. The number of likely N-dealkylation sites (tertiary alicyclic amines) is 1. The van der Waals surface area contributed by atoms with Gasteiger partial charge in [0.2, 0.25) is 0 Å². The van der Waals surface area contributed by atoms with E-state index in [2.05, 4.69) is 18.8 Å². The van der Waals surface area contributed by atoms with E-state index in [0.29, 0.717) is 11.1 Å². The molecule has 1 heterocycles. The van der Waals surface area contributed by atoms with Crippen LogP contribution in [0.25, 0.3) is 16.7 Å². The number of unbranched alkanes of at least 4 members (excludes halogenated alkanes) is 2. The SMILES string of the molecule is C=C(C)c1ccc(C)cc1-c1c(O)cc(CCCCC)c(CNC(=O)N2CCCC2)c1O. The van der Waals surface area contributed by atoms with Crippen molar-refractivity contribution in [3.05, 3.63) is 53.1 Å². The van der Waals surface area contributed by atoms with Crippen LogP contribution in [-0.4, -0.2) is 34.2 Å². The first-order valence-electron chi connectivity index (χ1n) is 11.7. The van der Waals surface area contributed by atoms with Gasteiger partial charge in [-0.15, -0.1) is 0 Å². The molecule has 0 atom stereocenters. The number of aromatic hydroxyl groups is 2. The van der Waals surface area contributed by atoms with Crippen LogP contribution in [0.15, 0.2) is 30.8 Å². The Kier molecular flexibility index (Phi) is 7.84. The number of phenolic OH excluding ortho intramolecular Hbond substituents is 2. The van der Waals surface area contributed by atoms with E-state index in [-0.39, 0.29) is 24.1 Å². The summed E-state index contributed by atoms with van der Waals surface area (Å²) >= 11 is 0. The largest absolute Gasteiger partial charge is 0.507 e. The van der Waals surface area contributed by atoms with Crippen LogP contribution >= 0.6 is 0 Å². The minimum absolute atomic E-state index is 0.0336. The number of hydrogen-bond donors (Lipinski definition) is 3. The Bertz CT molecular complexity index is 991. The van der Waals surface area contributed by atoms with Gasteiger partial charge in [-0.05, 0) is 62.3 Å². The first-order valence-corrected chi connectivity index (χ1v) is 11.7. The van der Waals surface area contributed by atoms with E-state index in [1.54, 1.807) is 6.07 Å². The van der Waals surface area contributed by atoms with Crippen LogP contribution in [0, 0.1) is 6.92 Å². The molecule has 2 amide bonds. The topological polar surface area (TPSA) is 72.8 Å². The number of nitrogens with zero attached hydrogens (tertiary/aromatic N) is 1. The highest BCUT2D eigenvalue weighted by atomic mass is 16.3. The lowest BCUT2D eigenvalue weighted by Gasteiger charge is -2.21. The highest BCUT2D eigenvalue weighted by molar-refractivity contribution is 5.87. The predicted molar refractivity (Wildman–Crippen MR) is 131 cm³/mol. The number of phenols is 2. The molecule has 1 fully saturated rings. The Hall–Kier alpha value is -2.95. The molecule has 1 aliphatic heterocycles. The van der Waals surface area contributed by atoms with E-state index < -0.39 is 0 Å². The first-order chi connectivity index (χ1) is 15.3. The van der Waals surface area contributed by atoms with Crippen molar-refractivity contribution in [2.45, 2.75) is 65.8 Å². The van der Waals surface area contributed by atoms with Gasteiger partial charge < -0.3 is 20.4 Å². The molecule has 1 aliphatic rings. The maximum absolute atomic E-state index is 12.6. The Labute approximate surface area is 191 Å². The predicted octanol–water partition coefficient (Wildman–Crippen LogP) is 6.14. The van der Waals surface area contributed by atoms with Crippen molar-refractivity contribution in [2.24, 2.45) is 0 Å². The molecule has 0 spiro atoms. The molecule has 172 valence electrons. The van der Waals surface area contributed by atoms with Gasteiger partial charge in [-0.3, -0.25) is 0 Å². The van der Waals surface area contributed by atoms with E-state index in [9.17, 15) is 15.0 Å². The van der Waals surface area contributed by atoms with Crippen molar-refractivity contribution in [3.8, 4) is 22.6 Å². The summed E-state index contributed by atoms with van der Waals surface area (Å²) in [7, 11) is 0. The fourth-order valence-electron chi connectivity index (χ4n) is 4.43. The average Bonchev–Trinajstić information content (AvgIpc) is 3.28. The second-order valence-corrected chi connectivity index (χ2v) is 8.90. The maximum Gasteiger partial charge on any atom is 0.317 e. The Morgan fingerprint density at radius 1 is 1.16 bits per heavy atom. The van der Waals surface area contributed by atoms with Crippen LogP contribution in [0.4, 0.5) is 4.79 Å². The molecule has 0 unspecified atom stereocenters. The number of carbonyl (C=O) groups excluding carboxylic acids is 1. The number of hydrogen-bond acceptors (Lipinski definition) is 3. The lowest BCUT2D eigenvalue weighted by atomic mass is 9.89. The minimum Gasteiger partial charge on any atom is -0.507 e. The number of rotatable bonds is 8. The smallest absolute Gasteiger partial charge is 0.317 e. The van der Waals surface area contributed by atoms with Gasteiger partial charge in [0, 0.05) is 25.2 Å². The van der Waals surface area contributed by atoms with Gasteiger partial charge >= 0.3 is 6.03 Å². The summed E-state index contributed by atoms with van der Waals surface area (Å²) in [5.41, 5.74) is 5.47. The van der Waals surface area contributed by atoms with Crippen molar-refractivity contribution in [2.75, 3.05) is 13.1 Å². The first kappa shape index (κ1) is 23.7. The van der Waals surface area contributed by atoms with Gasteiger partial charge in [-0.1, -0.05) is 55.7 Å². The number of allylic oxidation sites excluding steroid dienone is 1. The number of benzene rings is 2. The Morgan fingerprint density at radius 3 is 2.53 bits per heavy atom. The lowest BCUT2D eigenvalue weighted by Crippen LogP contribution is -2.37. The normalized spacial score (nSPS) is 13.4. The lowest BCUT2D eigenvalue weighted by molar-refractivity contribution is 0.208. The molecule has 32 heavy (non-hydrogen) atoms. The van der Waals surface area contributed by atoms with Crippen molar-refractivity contribution < 1.29 is 15.0 Å². The van der Waals surface area contributed by atoms with Gasteiger partial charge in [-0.2, -0.15) is 0 Å². The summed E-state index contributed by atoms with van der Waals surface area (Å²) in [6.07, 6.45) is 5.92. The Balaban J connectivity index is 2.04. The van der Waals surface area contributed by atoms with Gasteiger partial charge in [0.1, 0.15) is 11.5 Å². The molecule has 0 bridgehead atoms. The summed E-state index contributed by atoms with van der Waals surface area (Å²) in [5.74, 6) is 0.0861.